The van der Waals surface area contributed by atoms with Crippen molar-refractivity contribution in [2.45, 2.75) is 38.2 Å². The van der Waals surface area contributed by atoms with E-state index in [9.17, 15) is 5.11 Å². The van der Waals surface area contributed by atoms with Crippen molar-refractivity contribution in [2.75, 3.05) is 19.8 Å². The molecule has 1 heterocycles. The van der Waals surface area contributed by atoms with Crippen LogP contribution < -0.4 is 5.73 Å². The van der Waals surface area contributed by atoms with Crippen molar-refractivity contribution in [3.8, 4) is 0 Å². The zero-order valence-electron chi connectivity index (χ0n) is 8.74. The van der Waals surface area contributed by atoms with Crippen LogP contribution in [-0.4, -0.2) is 31.0 Å². The number of rotatable bonds is 2. The van der Waals surface area contributed by atoms with Crippen molar-refractivity contribution in [3.63, 3.8) is 0 Å². The summed E-state index contributed by atoms with van der Waals surface area (Å²) in [6.45, 7) is 2.54. The van der Waals surface area contributed by atoms with Crippen LogP contribution in [0.1, 0.15) is 32.1 Å². The summed E-state index contributed by atoms with van der Waals surface area (Å²) in [5, 5.41) is 9.51. The monoisotopic (exact) mass is 199 g/mol. The van der Waals surface area contributed by atoms with Gasteiger partial charge in [-0.1, -0.05) is 0 Å². The molecular formula is C11H21NO2. The fourth-order valence-corrected chi connectivity index (χ4v) is 2.97. The first-order chi connectivity index (χ1) is 6.77. The van der Waals surface area contributed by atoms with E-state index in [1.165, 1.54) is 0 Å². The molecule has 3 N–H and O–H groups in total. The minimum absolute atomic E-state index is 0.0861. The maximum atomic E-state index is 9.51. The highest BCUT2D eigenvalue weighted by Gasteiger charge is 2.41. The highest BCUT2D eigenvalue weighted by atomic mass is 16.5. The topological polar surface area (TPSA) is 55.5 Å². The van der Waals surface area contributed by atoms with E-state index in [0.717, 1.165) is 51.9 Å². The number of ether oxygens (including phenoxy) is 1. The van der Waals surface area contributed by atoms with E-state index < -0.39 is 0 Å². The lowest BCUT2D eigenvalue weighted by atomic mass is 9.65. The van der Waals surface area contributed by atoms with Gasteiger partial charge in [-0.3, -0.25) is 0 Å². The van der Waals surface area contributed by atoms with Gasteiger partial charge in [-0.25, -0.2) is 0 Å². The second kappa shape index (κ2) is 4.17. The minimum atomic E-state index is -0.0861. The average Bonchev–Trinajstić information content (AvgIpc) is 2.73. The quantitative estimate of drug-likeness (QED) is 0.695. The first-order valence-electron chi connectivity index (χ1n) is 5.73. The lowest BCUT2D eigenvalue weighted by Gasteiger charge is -2.42. The third-order valence-corrected chi connectivity index (χ3v) is 4.15. The van der Waals surface area contributed by atoms with Gasteiger partial charge in [0.1, 0.15) is 0 Å². The number of aliphatic hydroxyl groups excluding tert-OH is 1. The van der Waals surface area contributed by atoms with Crippen molar-refractivity contribution in [2.24, 2.45) is 17.1 Å². The maximum Gasteiger partial charge on any atom is 0.0540 e. The van der Waals surface area contributed by atoms with Crippen LogP contribution in [0.15, 0.2) is 0 Å². The fourth-order valence-electron chi connectivity index (χ4n) is 2.97. The summed E-state index contributed by atoms with van der Waals surface area (Å²) in [5.74, 6) is 0.639. The van der Waals surface area contributed by atoms with Gasteiger partial charge in [0, 0.05) is 6.61 Å². The molecule has 0 aromatic rings. The van der Waals surface area contributed by atoms with Crippen LogP contribution in [-0.2, 0) is 4.74 Å². The number of hydrogen-bond donors (Lipinski definition) is 2. The van der Waals surface area contributed by atoms with Gasteiger partial charge in [0.05, 0.1) is 12.7 Å². The molecular weight excluding hydrogens is 178 g/mol. The predicted molar refractivity (Wildman–Crippen MR) is 54.9 cm³/mol. The Kier molecular flexibility index (Phi) is 3.10. The zero-order valence-corrected chi connectivity index (χ0v) is 8.74. The Balaban J connectivity index is 2.01. The van der Waals surface area contributed by atoms with Crippen LogP contribution in [0.5, 0.6) is 0 Å². The summed E-state index contributed by atoms with van der Waals surface area (Å²) < 4.78 is 5.45. The molecule has 0 aromatic carbocycles. The molecule has 2 fully saturated rings. The summed E-state index contributed by atoms with van der Waals surface area (Å²) in [4.78, 5) is 0. The molecule has 3 heteroatoms. The number of nitrogens with two attached hydrogens (primary N) is 1. The summed E-state index contributed by atoms with van der Waals surface area (Å²) in [7, 11) is 0. The lowest BCUT2D eigenvalue weighted by Crippen LogP contribution is -2.42. The normalized spacial score (nSPS) is 44.1. The maximum absolute atomic E-state index is 9.51. The second-order valence-electron chi connectivity index (χ2n) is 4.86. The molecule has 1 unspecified atom stereocenters. The van der Waals surface area contributed by atoms with Gasteiger partial charge in [0.25, 0.3) is 0 Å². The molecule has 0 radical (unpaired) electrons. The van der Waals surface area contributed by atoms with Gasteiger partial charge in [-0.05, 0) is 50.0 Å². The van der Waals surface area contributed by atoms with Crippen molar-refractivity contribution in [1.82, 2.24) is 0 Å². The smallest absolute Gasteiger partial charge is 0.0540 e. The van der Waals surface area contributed by atoms with Crippen LogP contribution in [0.25, 0.3) is 0 Å². The fraction of sp³-hybridized carbons (Fsp3) is 1.00. The molecule has 0 amide bonds. The van der Waals surface area contributed by atoms with Gasteiger partial charge in [0.2, 0.25) is 0 Å². The Bertz CT molecular complexity index is 182. The Labute approximate surface area is 85.6 Å². The largest absolute Gasteiger partial charge is 0.393 e. The molecule has 14 heavy (non-hydrogen) atoms. The third-order valence-electron chi connectivity index (χ3n) is 4.15. The lowest BCUT2D eigenvalue weighted by molar-refractivity contribution is 0.0253. The minimum Gasteiger partial charge on any atom is -0.393 e. The molecule has 1 saturated heterocycles. The average molecular weight is 199 g/mol. The molecule has 1 atom stereocenters. The summed E-state index contributed by atoms with van der Waals surface area (Å²) >= 11 is 0. The molecule has 1 aliphatic heterocycles. The van der Waals surface area contributed by atoms with E-state index in [-0.39, 0.29) is 11.5 Å². The van der Waals surface area contributed by atoms with Crippen LogP contribution in [0.2, 0.25) is 0 Å². The number of hydrogen-bond acceptors (Lipinski definition) is 3. The van der Waals surface area contributed by atoms with Crippen LogP contribution in [0, 0.1) is 11.3 Å². The SMILES string of the molecule is NCC1(C2CCOC2)CCC(O)CC1. The molecule has 1 aliphatic carbocycles. The van der Waals surface area contributed by atoms with Crippen molar-refractivity contribution < 1.29 is 9.84 Å². The number of aliphatic hydroxyl groups is 1. The van der Waals surface area contributed by atoms with Crippen LogP contribution >= 0.6 is 0 Å². The Hall–Kier alpha value is -0.120. The van der Waals surface area contributed by atoms with Crippen LogP contribution in [0.3, 0.4) is 0 Å². The summed E-state index contributed by atoms with van der Waals surface area (Å²) in [6, 6.07) is 0. The highest BCUT2D eigenvalue weighted by Crippen LogP contribution is 2.44. The van der Waals surface area contributed by atoms with Gasteiger partial charge < -0.3 is 15.6 Å². The van der Waals surface area contributed by atoms with Crippen molar-refractivity contribution in [1.29, 1.82) is 0 Å². The molecule has 0 bridgehead atoms. The molecule has 3 nitrogen and oxygen atoms in total. The summed E-state index contributed by atoms with van der Waals surface area (Å²) in [5.41, 5.74) is 6.20. The van der Waals surface area contributed by atoms with E-state index >= 15 is 0 Å². The highest BCUT2D eigenvalue weighted by molar-refractivity contribution is 4.93. The third kappa shape index (κ3) is 1.81. The van der Waals surface area contributed by atoms with E-state index in [4.69, 9.17) is 10.5 Å². The van der Waals surface area contributed by atoms with Gasteiger partial charge in [-0.2, -0.15) is 0 Å². The van der Waals surface area contributed by atoms with E-state index in [2.05, 4.69) is 0 Å². The first kappa shape index (κ1) is 10.4. The van der Waals surface area contributed by atoms with E-state index in [1.807, 2.05) is 0 Å². The summed E-state index contributed by atoms with van der Waals surface area (Å²) in [6.07, 6.45) is 5.09. The molecule has 0 aromatic heterocycles. The first-order valence-corrected chi connectivity index (χ1v) is 5.73. The molecule has 2 aliphatic rings. The van der Waals surface area contributed by atoms with Gasteiger partial charge in [-0.15, -0.1) is 0 Å². The second-order valence-corrected chi connectivity index (χ2v) is 4.86. The van der Waals surface area contributed by atoms with Crippen LogP contribution in [0.4, 0.5) is 0 Å². The van der Waals surface area contributed by atoms with E-state index in [1.54, 1.807) is 0 Å². The van der Waals surface area contributed by atoms with Gasteiger partial charge in [0.15, 0.2) is 0 Å². The van der Waals surface area contributed by atoms with Gasteiger partial charge >= 0.3 is 0 Å². The Morgan fingerprint density at radius 1 is 1.29 bits per heavy atom. The Morgan fingerprint density at radius 3 is 2.50 bits per heavy atom. The molecule has 82 valence electrons. The molecule has 1 saturated carbocycles. The standard InChI is InChI=1S/C11H21NO2/c12-8-11(9-3-6-14-7-9)4-1-10(13)2-5-11/h9-10,13H,1-8,12H2. The van der Waals surface area contributed by atoms with Crippen molar-refractivity contribution in [3.05, 3.63) is 0 Å². The van der Waals surface area contributed by atoms with E-state index in [0.29, 0.717) is 5.92 Å². The molecule has 2 rings (SSSR count). The zero-order chi connectivity index (χ0) is 10.0. The Morgan fingerprint density at radius 2 is 2.00 bits per heavy atom. The van der Waals surface area contributed by atoms with Crippen molar-refractivity contribution >= 4 is 0 Å². The predicted octanol–water partition coefficient (Wildman–Crippen LogP) is 0.903. The molecule has 0 spiro atoms.